The Kier molecular flexibility index (Phi) is 7.27. The van der Waals surface area contributed by atoms with Gasteiger partial charge < -0.3 is 55.3 Å². The van der Waals surface area contributed by atoms with Gasteiger partial charge in [0, 0.05) is 6.92 Å². The average Bonchev–Trinajstić information content (AvgIpc) is 2.60. The average molecular weight is 383 g/mol. The number of carbonyl (C=O) groups is 1. The highest BCUT2D eigenvalue weighted by molar-refractivity contribution is 5.73. The lowest BCUT2D eigenvalue weighted by Gasteiger charge is -2.46. The monoisotopic (exact) mass is 383 g/mol. The van der Waals surface area contributed by atoms with E-state index in [-0.39, 0.29) is 0 Å². The summed E-state index contributed by atoms with van der Waals surface area (Å²) in [5.74, 6) is -0.574. The summed E-state index contributed by atoms with van der Waals surface area (Å²) >= 11 is 0. The van der Waals surface area contributed by atoms with Crippen molar-refractivity contribution in [3.05, 3.63) is 0 Å². The molecule has 0 radical (unpaired) electrons. The van der Waals surface area contributed by atoms with Gasteiger partial charge in [0.25, 0.3) is 0 Å². The molecular formula is C14H25NO11. The molecule has 2 aliphatic heterocycles. The number of nitrogens with one attached hydrogen (secondary N) is 1. The van der Waals surface area contributed by atoms with Crippen LogP contribution in [0.1, 0.15) is 6.92 Å². The third kappa shape index (κ3) is 4.31. The summed E-state index contributed by atoms with van der Waals surface area (Å²) in [6.45, 7) is -0.195. The van der Waals surface area contributed by atoms with Crippen LogP contribution in [0.2, 0.25) is 0 Å². The predicted molar refractivity (Wildman–Crippen MR) is 80.2 cm³/mol. The van der Waals surface area contributed by atoms with Crippen molar-refractivity contribution < 1.29 is 54.8 Å². The molecule has 0 aliphatic carbocycles. The van der Waals surface area contributed by atoms with Crippen LogP contribution in [0.25, 0.3) is 0 Å². The largest absolute Gasteiger partial charge is 0.394 e. The maximum atomic E-state index is 11.4. The molecule has 1 amide bonds. The Morgan fingerprint density at radius 3 is 2.04 bits per heavy atom. The van der Waals surface area contributed by atoms with Gasteiger partial charge in [-0.15, -0.1) is 0 Å². The van der Waals surface area contributed by atoms with Gasteiger partial charge in [0.2, 0.25) is 5.91 Å². The molecule has 2 rings (SSSR count). The lowest BCUT2D eigenvalue weighted by molar-refractivity contribution is -0.341. The minimum atomic E-state index is -1.74. The fourth-order valence-electron chi connectivity index (χ4n) is 2.97. The van der Waals surface area contributed by atoms with E-state index in [1.54, 1.807) is 0 Å². The van der Waals surface area contributed by atoms with Crippen molar-refractivity contribution in [2.24, 2.45) is 0 Å². The molecule has 2 heterocycles. The van der Waals surface area contributed by atoms with Crippen LogP contribution >= 0.6 is 0 Å². The molecule has 0 aromatic carbocycles. The van der Waals surface area contributed by atoms with Crippen molar-refractivity contribution in [2.45, 2.75) is 68.3 Å². The molecule has 0 spiro atoms. The first kappa shape index (κ1) is 21.4. The normalized spacial score (nSPS) is 46.8. The summed E-state index contributed by atoms with van der Waals surface area (Å²) in [5, 5.41) is 70.7. The zero-order valence-corrected chi connectivity index (χ0v) is 14.0. The first-order valence-electron chi connectivity index (χ1n) is 8.06. The number of amides is 1. The molecule has 2 aliphatic rings. The smallest absolute Gasteiger partial charge is 0.217 e. The summed E-state index contributed by atoms with van der Waals surface area (Å²) in [5.41, 5.74) is 0. The fourth-order valence-corrected chi connectivity index (χ4v) is 2.97. The van der Waals surface area contributed by atoms with Crippen molar-refractivity contribution in [1.82, 2.24) is 5.32 Å². The number of carbonyl (C=O) groups excluding carboxylic acids is 1. The molecule has 26 heavy (non-hydrogen) atoms. The van der Waals surface area contributed by atoms with E-state index in [4.69, 9.17) is 14.2 Å². The van der Waals surface area contributed by atoms with Crippen molar-refractivity contribution in [2.75, 3.05) is 13.2 Å². The van der Waals surface area contributed by atoms with E-state index in [1.807, 2.05) is 0 Å². The van der Waals surface area contributed by atoms with Gasteiger partial charge in [-0.05, 0) is 0 Å². The summed E-state index contributed by atoms with van der Waals surface area (Å²) in [7, 11) is 0. The zero-order chi connectivity index (χ0) is 19.6. The van der Waals surface area contributed by atoms with E-state index >= 15 is 0 Å². The lowest BCUT2D eigenvalue weighted by Crippen LogP contribution is -2.67. The molecule has 1 unspecified atom stereocenters. The van der Waals surface area contributed by atoms with Crippen LogP contribution in [-0.2, 0) is 19.0 Å². The second-order valence-electron chi connectivity index (χ2n) is 6.26. The number of aliphatic hydroxyl groups is 7. The summed E-state index contributed by atoms with van der Waals surface area (Å²) in [6, 6.07) is -1.28. The molecule has 0 saturated carbocycles. The van der Waals surface area contributed by atoms with E-state index < -0.39 is 80.5 Å². The van der Waals surface area contributed by atoms with Crippen LogP contribution in [0.3, 0.4) is 0 Å². The molecule has 12 nitrogen and oxygen atoms in total. The minimum Gasteiger partial charge on any atom is -0.394 e. The molecule has 8 N–H and O–H groups in total. The van der Waals surface area contributed by atoms with Crippen molar-refractivity contribution >= 4 is 5.91 Å². The first-order valence-corrected chi connectivity index (χ1v) is 8.06. The predicted octanol–water partition coefficient (Wildman–Crippen LogP) is -5.25. The van der Waals surface area contributed by atoms with E-state index in [0.29, 0.717) is 0 Å². The summed E-state index contributed by atoms with van der Waals surface area (Å²) in [6.07, 6.45) is -13.7. The highest BCUT2D eigenvalue weighted by atomic mass is 16.7. The Morgan fingerprint density at radius 1 is 0.923 bits per heavy atom. The second kappa shape index (κ2) is 8.84. The van der Waals surface area contributed by atoms with Gasteiger partial charge in [-0.3, -0.25) is 4.79 Å². The highest BCUT2D eigenvalue weighted by Crippen LogP contribution is 2.28. The van der Waals surface area contributed by atoms with Crippen LogP contribution < -0.4 is 5.32 Å². The van der Waals surface area contributed by atoms with Crippen molar-refractivity contribution in [1.29, 1.82) is 0 Å². The molecule has 12 heteroatoms. The number of hydrogen-bond acceptors (Lipinski definition) is 11. The highest BCUT2D eigenvalue weighted by Gasteiger charge is 2.50. The molecule has 0 bridgehead atoms. The van der Waals surface area contributed by atoms with Gasteiger partial charge in [-0.2, -0.15) is 0 Å². The second-order valence-corrected chi connectivity index (χ2v) is 6.26. The molecule has 2 fully saturated rings. The number of rotatable bonds is 5. The Hall–Kier alpha value is -0.930. The molecule has 2 saturated heterocycles. The van der Waals surface area contributed by atoms with Gasteiger partial charge in [0.15, 0.2) is 12.6 Å². The van der Waals surface area contributed by atoms with Gasteiger partial charge in [0.05, 0.1) is 13.2 Å². The van der Waals surface area contributed by atoms with E-state index in [0.717, 1.165) is 6.92 Å². The zero-order valence-electron chi connectivity index (χ0n) is 14.0. The van der Waals surface area contributed by atoms with Crippen molar-refractivity contribution in [3.63, 3.8) is 0 Å². The van der Waals surface area contributed by atoms with Gasteiger partial charge >= 0.3 is 0 Å². The Bertz CT molecular complexity index is 478. The van der Waals surface area contributed by atoms with Gasteiger partial charge in [0.1, 0.15) is 48.8 Å². The third-order valence-electron chi connectivity index (χ3n) is 4.38. The Labute approximate surface area is 148 Å². The van der Waals surface area contributed by atoms with Gasteiger partial charge in [-0.25, -0.2) is 0 Å². The first-order chi connectivity index (χ1) is 12.2. The topological polar surface area (TPSA) is 198 Å². The maximum absolute atomic E-state index is 11.4. The third-order valence-corrected chi connectivity index (χ3v) is 4.38. The van der Waals surface area contributed by atoms with Crippen LogP contribution in [0.4, 0.5) is 0 Å². The Morgan fingerprint density at radius 2 is 1.50 bits per heavy atom. The van der Waals surface area contributed by atoms with Crippen LogP contribution in [0, 0.1) is 0 Å². The standard InChI is InChI=1S/C14H25NO11/c1-4(18)15-7-12(9(20)6(3-17)24-13(7)23)26-14-11(22)10(21)8(19)5(2-16)25-14/h5-14,16-17,19-23H,2-3H2,1H3,(H,15,18)/t5-,6-,7-,8-,9+,10+,11-,12-,13?,14+/m1/s1. The number of aliphatic hydroxyl groups excluding tert-OH is 7. The molecule has 0 aromatic rings. The number of hydrogen-bond donors (Lipinski definition) is 8. The minimum absolute atomic E-state index is 0.574. The van der Waals surface area contributed by atoms with Crippen LogP contribution in [0.15, 0.2) is 0 Å². The van der Waals surface area contributed by atoms with E-state index in [2.05, 4.69) is 5.32 Å². The van der Waals surface area contributed by atoms with Crippen LogP contribution in [0.5, 0.6) is 0 Å². The fraction of sp³-hybridized carbons (Fsp3) is 0.929. The maximum Gasteiger partial charge on any atom is 0.217 e. The summed E-state index contributed by atoms with van der Waals surface area (Å²) in [4.78, 5) is 11.4. The Balaban J connectivity index is 2.21. The quantitative estimate of drug-likeness (QED) is 0.226. The van der Waals surface area contributed by atoms with E-state index in [1.165, 1.54) is 0 Å². The van der Waals surface area contributed by atoms with E-state index in [9.17, 15) is 40.5 Å². The molecular weight excluding hydrogens is 358 g/mol. The SMILES string of the molecule is CC(=O)N[C@H]1C(O)O[C@H](CO)[C@H](O)[C@@H]1O[C@@H]1O[C@H](CO)[C@@H](O)[C@H](O)[C@H]1O. The lowest BCUT2D eigenvalue weighted by atomic mass is 9.95. The van der Waals surface area contributed by atoms with Gasteiger partial charge in [-0.1, -0.05) is 0 Å². The number of ether oxygens (including phenoxy) is 3. The van der Waals surface area contributed by atoms with Crippen LogP contribution in [-0.4, -0.2) is 116 Å². The van der Waals surface area contributed by atoms with Crippen molar-refractivity contribution in [3.8, 4) is 0 Å². The molecule has 10 atom stereocenters. The molecule has 152 valence electrons. The summed E-state index contributed by atoms with van der Waals surface area (Å²) < 4.78 is 15.7. The molecule has 0 aromatic heterocycles.